The molecule has 0 N–H and O–H groups in total. The van der Waals surface area contributed by atoms with Crippen LogP contribution in [0.4, 0.5) is 0 Å². The zero-order valence-corrected chi connectivity index (χ0v) is 22.8. The molecule has 6 rings (SSSR count). The number of rotatable bonds is 7. The first-order valence-corrected chi connectivity index (χ1v) is 13.7. The van der Waals surface area contributed by atoms with Crippen LogP contribution in [0.2, 0.25) is 0 Å². The molecule has 0 spiro atoms. The van der Waals surface area contributed by atoms with Crippen LogP contribution in [-0.4, -0.2) is 57.1 Å². The molecule has 1 aliphatic rings. The molecular weight excluding hydrogens is 522 g/mol. The third-order valence-electron chi connectivity index (χ3n) is 7.44. The fourth-order valence-electron chi connectivity index (χ4n) is 5.32. The van der Waals surface area contributed by atoms with E-state index in [4.69, 9.17) is 0 Å². The molecule has 3 aromatic carbocycles. The van der Waals surface area contributed by atoms with Crippen molar-refractivity contribution in [2.75, 3.05) is 33.2 Å². The van der Waals surface area contributed by atoms with Gasteiger partial charge in [0.15, 0.2) is 0 Å². The molecule has 0 unspecified atom stereocenters. The van der Waals surface area contributed by atoms with Crippen LogP contribution in [0.25, 0.3) is 21.9 Å². The Morgan fingerprint density at radius 3 is 2.41 bits per heavy atom. The van der Waals surface area contributed by atoms with E-state index in [0.29, 0.717) is 0 Å². The van der Waals surface area contributed by atoms with Gasteiger partial charge in [0.1, 0.15) is 0 Å². The van der Waals surface area contributed by atoms with Crippen molar-refractivity contribution in [1.82, 2.24) is 23.9 Å². The molecule has 37 heavy (non-hydrogen) atoms. The molecule has 0 amide bonds. The van der Waals surface area contributed by atoms with Crippen LogP contribution in [0.5, 0.6) is 0 Å². The number of aromatic nitrogens is 3. The van der Waals surface area contributed by atoms with Crippen molar-refractivity contribution in [2.45, 2.75) is 19.6 Å². The third kappa shape index (κ3) is 5.42. The Hall–Kier alpha value is -3.19. The van der Waals surface area contributed by atoms with Gasteiger partial charge in [0.2, 0.25) is 0 Å². The lowest BCUT2D eigenvalue weighted by Crippen LogP contribution is -2.43. The van der Waals surface area contributed by atoms with E-state index in [2.05, 4.69) is 126 Å². The summed E-state index contributed by atoms with van der Waals surface area (Å²) in [5, 5.41) is 2.59. The monoisotopic (exact) mass is 553 g/mol. The second kappa shape index (κ2) is 10.7. The molecule has 0 aliphatic carbocycles. The van der Waals surface area contributed by atoms with E-state index in [1.54, 1.807) is 0 Å². The summed E-state index contributed by atoms with van der Waals surface area (Å²) in [6.07, 6.45) is 8.63. The van der Waals surface area contributed by atoms with Gasteiger partial charge in [0.25, 0.3) is 0 Å². The molecular formula is C31H32BrN5. The van der Waals surface area contributed by atoms with Crippen LogP contribution in [0.1, 0.15) is 16.8 Å². The lowest BCUT2D eigenvalue weighted by Gasteiger charge is -2.32. The Bertz CT molecular complexity index is 1490. The number of hydrogen-bond donors (Lipinski definition) is 0. The molecule has 1 aliphatic heterocycles. The molecule has 188 valence electrons. The smallest absolute Gasteiger partial charge is 0.0951 e. The van der Waals surface area contributed by atoms with Crippen molar-refractivity contribution < 1.29 is 0 Å². The van der Waals surface area contributed by atoms with Crippen LogP contribution in [-0.2, 0) is 19.6 Å². The molecule has 2 aromatic heterocycles. The highest BCUT2D eigenvalue weighted by molar-refractivity contribution is 9.10. The van der Waals surface area contributed by atoms with Gasteiger partial charge < -0.3 is 14.0 Å². The Balaban J connectivity index is 1.33. The van der Waals surface area contributed by atoms with Crippen molar-refractivity contribution in [3.63, 3.8) is 0 Å². The number of piperazine rings is 1. The van der Waals surface area contributed by atoms with E-state index in [1.807, 2.05) is 12.5 Å². The summed E-state index contributed by atoms with van der Waals surface area (Å²) in [6.45, 7) is 7.04. The number of fused-ring (bicyclic) bond motifs is 1. The standard InChI is InChI=1S/C31H32BrN5/c1-34-13-15-35(16-14-34)19-26-20-36(22-31(26)30-8-4-6-25-5-2-3-7-29(25)30)21-28-17-33-23-37(28)18-24-9-11-27(32)12-10-24/h2-12,17,20,22-23H,13-16,18-19,21H2,1H3. The van der Waals surface area contributed by atoms with Gasteiger partial charge in [-0.2, -0.15) is 0 Å². The number of benzene rings is 3. The maximum Gasteiger partial charge on any atom is 0.0951 e. The Morgan fingerprint density at radius 2 is 1.57 bits per heavy atom. The van der Waals surface area contributed by atoms with Crippen molar-refractivity contribution in [3.8, 4) is 11.1 Å². The lowest BCUT2D eigenvalue weighted by molar-refractivity contribution is 0.148. The predicted octanol–water partition coefficient (Wildman–Crippen LogP) is 6.11. The zero-order chi connectivity index (χ0) is 25.2. The minimum Gasteiger partial charge on any atom is -0.347 e. The van der Waals surface area contributed by atoms with E-state index in [1.165, 1.54) is 38.7 Å². The van der Waals surface area contributed by atoms with Gasteiger partial charge in [-0.15, -0.1) is 0 Å². The van der Waals surface area contributed by atoms with E-state index in [-0.39, 0.29) is 0 Å². The van der Waals surface area contributed by atoms with E-state index in [0.717, 1.165) is 50.3 Å². The van der Waals surface area contributed by atoms with Crippen LogP contribution in [0, 0.1) is 0 Å². The first-order valence-electron chi connectivity index (χ1n) is 12.9. The van der Waals surface area contributed by atoms with E-state index < -0.39 is 0 Å². The Labute approximate surface area is 227 Å². The van der Waals surface area contributed by atoms with Gasteiger partial charge in [-0.3, -0.25) is 4.90 Å². The lowest BCUT2D eigenvalue weighted by atomic mass is 9.97. The minimum absolute atomic E-state index is 0.789. The summed E-state index contributed by atoms with van der Waals surface area (Å²) in [5.41, 5.74) is 6.50. The summed E-state index contributed by atoms with van der Waals surface area (Å²) in [5.74, 6) is 0. The molecule has 0 atom stereocenters. The molecule has 0 radical (unpaired) electrons. The molecule has 5 nitrogen and oxygen atoms in total. The highest BCUT2D eigenvalue weighted by atomic mass is 79.9. The molecule has 1 fully saturated rings. The van der Waals surface area contributed by atoms with E-state index in [9.17, 15) is 0 Å². The fourth-order valence-corrected chi connectivity index (χ4v) is 5.58. The highest BCUT2D eigenvalue weighted by Gasteiger charge is 2.19. The van der Waals surface area contributed by atoms with Crippen LogP contribution in [0.15, 0.2) is 96.1 Å². The predicted molar refractivity (Wildman–Crippen MR) is 155 cm³/mol. The topological polar surface area (TPSA) is 29.2 Å². The van der Waals surface area contributed by atoms with Crippen molar-refractivity contribution in [3.05, 3.63) is 113 Å². The maximum atomic E-state index is 4.49. The molecule has 0 saturated carbocycles. The summed E-state index contributed by atoms with van der Waals surface area (Å²) >= 11 is 3.54. The van der Waals surface area contributed by atoms with Crippen LogP contribution < -0.4 is 0 Å². The minimum atomic E-state index is 0.789. The second-order valence-corrected chi connectivity index (χ2v) is 11.0. The van der Waals surface area contributed by atoms with Crippen LogP contribution >= 0.6 is 15.9 Å². The van der Waals surface area contributed by atoms with Gasteiger partial charge in [-0.1, -0.05) is 70.5 Å². The van der Waals surface area contributed by atoms with Crippen molar-refractivity contribution in [1.29, 1.82) is 0 Å². The summed E-state index contributed by atoms with van der Waals surface area (Å²) < 4.78 is 5.70. The largest absolute Gasteiger partial charge is 0.347 e. The average Bonchev–Trinajstić information content (AvgIpc) is 3.53. The van der Waals surface area contributed by atoms with Crippen LogP contribution in [0.3, 0.4) is 0 Å². The fraction of sp³-hybridized carbons (Fsp3) is 0.258. The molecule has 6 heteroatoms. The summed E-state index contributed by atoms with van der Waals surface area (Å²) in [6, 6.07) is 23.9. The van der Waals surface area contributed by atoms with Gasteiger partial charge in [-0.05, 0) is 46.6 Å². The summed E-state index contributed by atoms with van der Waals surface area (Å²) in [7, 11) is 2.22. The molecule has 5 aromatic rings. The molecule has 1 saturated heterocycles. The third-order valence-corrected chi connectivity index (χ3v) is 7.97. The number of halogens is 1. The van der Waals surface area contributed by atoms with Gasteiger partial charge in [-0.25, -0.2) is 4.98 Å². The van der Waals surface area contributed by atoms with Gasteiger partial charge in [0.05, 0.1) is 18.6 Å². The average molecular weight is 555 g/mol. The Kier molecular flexibility index (Phi) is 6.96. The highest BCUT2D eigenvalue weighted by Crippen LogP contribution is 2.33. The quantitative estimate of drug-likeness (QED) is 0.243. The number of nitrogens with zero attached hydrogens (tertiary/aromatic N) is 5. The number of hydrogen-bond acceptors (Lipinski definition) is 3. The van der Waals surface area contributed by atoms with Gasteiger partial charge >= 0.3 is 0 Å². The molecule has 3 heterocycles. The Morgan fingerprint density at radius 1 is 0.784 bits per heavy atom. The normalized spacial score (nSPS) is 15.0. The number of likely N-dealkylation sites (N-methyl/N-ethyl adjacent to an activating group) is 1. The SMILES string of the molecule is CN1CCN(Cc2cn(Cc3cncn3Cc3ccc(Br)cc3)cc2-c2cccc3ccccc23)CC1. The summed E-state index contributed by atoms with van der Waals surface area (Å²) in [4.78, 5) is 9.49. The van der Waals surface area contributed by atoms with E-state index >= 15 is 0 Å². The molecule has 0 bridgehead atoms. The first kappa shape index (κ1) is 24.2. The zero-order valence-electron chi connectivity index (χ0n) is 21.2. The number of imidazole rings is 1. The second-order valence-electron chi connectivity index (χ2n) is 10.1. The first-order chi connectivity index (χ1) is 18.1. The van der Waals surface area contributed by atoms with Crippen molar-refractivity contribution in [2.24, 2.45) is 0 Å². The van der Waals surface area contributed by atoms with Gasteiger partial charge in [0, 0.05) is 67.9 Å². The van der Waals surface area contributed by atoms with Crippen molar-refractivity contribution >= 4 is 26.7 Å². The maximum absolute atomic E-state index is 4.49.